The highest BCUT2D eigenvalue weighted by molar-refractivity contribution is 5.81. The zero-order chi connectivity index (χ0) is 12.8. The van der Waals surface area contributed by atoms with E-state index in [1.54, 1.807) is 0 Å². The van der Waals surface area contributed by atoms with Gasteiger partial charge >= 0.3 is 0 Å². The molecule has 1 aromatic rings. The van der Waals surface area contributed by atoms with Gasteiger partial charge in [0.2, 0.25) is 5.91 Å². The van der Waals surface area contributed by atoms with E-state index in [-0.39, 0.29) is 5.91 Å². The molecule has 0 saturated carbocycles. The van der Waals surface area contributed by atoms with Crippen molar-refractivity contribution in [2.75, 3.05) is 6.54 Å². The summed E-state index contributed by atoms with van der Waals surface area (Å²) >= 11 is 0. The van der Waals surface area contributed by atoms with Gasteiger partial charge in [-0.25, -0.2) is 0 Å². The maximum atomic E-state index is 11.7. The molecule has 18 heavy (non-hydrogen) atoms. The third-order valence-corrected chi connectivity index (χ3v) is 3.37. The van der Waals surface area contributed by atoms with Crippen molar-refractivity contribution in [3.05, 3.63) is 42.1 Å². The summed E-state index contributed by atoms with van der Waals surface area (Å²) in [5.74, 6) is 0.264. The number of unbranched alkanes of at least 4 members (excludes halogenated alkanes) is 1. The fourth-order valence-corrected chi connectivity index (χ4v) is 2.30. The van der Waals surface area contributed by atoms with E-state index in [0.717, 1.165) is 19.4 Å². The van der Waals surface area contributed by atoms with E-state index < -0.39 is 0 Å². The van der Waals surface area contributed by atoms with E-state index in [0.29, 0.717) is 6.42 Å². The molecule has 0 N–H and O–H groups in total. The molecule has 1 saturated heterocycles. The first kappa shape index (κ1) is 12.9. The molecule has 1 aliphatic heterocycles. The largest absolute Gasteiger partial charge is 0.319 e. The summed E-state index contributed by atoms with van der Waals surface area (Å²) in [4.78, 5) is 13.6. The van der Waals surface area contributed by atoms with Gasteiger partial charge in [-0.3, -0.25) is 4.79 Å². The first-order valence-corrected chi connectivity index (χ1v) is 6.87. The van der Waals surface area contributed by atoms with Crippen molar-refractivity contribution in [3.63, 3.8) is 0 Å². The van der Waals surface area contributed by atoms with E-state index in [1.165, 1.54) is 24.0 Å². The second-order valence-corrected chi connectivity index (χ2v) is 4.81. The lowest BCUT2D eigenvalue weighted by Gasteiger charge is -2.14. The molecule has 1 amide bonds. The highest BCUT2D eigenvalue weighted by atomic mass is 16.2. The first-order valence-electron chi connectivity index (χ1n) is 6.87. The monoisotopic (exact) mass is 243 g/mol. The molecule has 0 aromatic heterocycles. The Labute approximate surface area is 109 Å². The molecular weight excluding hydrogens is 222 g/mol. The normalized spacial score (nSPS) is 16.4. The van der Waals surface area contributed by atoms with Crippen molar-refractivity contribution in [1.29, 1.82) is 0 Å². The zero-order valence-corrected chi connectivity index (χ0v) is 11.1. The predicted octanol–water partition coefficient (Wildman–Crippen LogP) is 3.84. The third kappa shape index (κ3) is 3.22. The Kier molecular flexibility index (Phi) is 4.57. The molecule has 0 bridgehead atoms. The van der Waals surface area contributed by atoms with Crippen molar-refractivity contribution < 1.29 is 4.79 Å². The summed E-state index contributed by atoms with van der Waals surface area (Å²) in [5.41, 5.74) is 2.53. The van der Waals surface area contributed by atoms with Gasteiger partial charge in [0, 0.05) is 19.2 Å². The second kappa shape index (κ2) is 6.39. The van der Waals surface area contributed by atoms with Gasteiger partial charge in [0.25, 0.3) is 0 Å². The number of rotatable bonds is 5. The summed E-state index contributed by atoms with van der Waals surface area (Å²) in [6, 6.07) is 10.4. The molecule has 2 heteroatoms. The van der Waals surface area contributed by atoms with Crippen molar-refractivity contribution in [1.82, 2.24) is 4.90 Å². The molecular formula is C16H21NO. The number of amides is 1. The number of benzene rings is 1. The molecule has 0 radical (unpaired) electrons. The second-order valence-electron chi connectivity index (χ2n) is 4.81. The Hall–Kier alpha value is -1.57. The third-order valence-electron chi connectivity index (χ3n) is 3.37. The van der Waals surface area contributed by atoms with E-state index in [4.69, 9.17) is 0 Å². The van der Waals surface area contributed by atoms with E-state index in [2.05, 4.69) is 37.4 Å². The van der Waals surface area contributed by atoms with Crippen LogP contribution in [0.15, 0.2) is 36.5 Å². The Bertz CT molecular complexity index is 422. The van der Waals surface area contributed by atoms with Crippen LogP contribution in [0.2, 0.25) is 0 Å². The van der Waals surface area contributed by atoms with Crippen LogP contribution in [-0.4, -0.2) is 17.4 Å². The number of hydrogen-bond donors (Lipinski definition) is 0. The van der Waals surface area contributed by atoms with Crippen LogP contribution in [0.1, 0.15) is 44.6 Å². The topological polar surface area (TPSA) is 20.3 Å². The van der Waals surface area contributed by atoms with Crippen molar-refractivity contribution in [3.8, 4) is 0 Å². The van der Waals surface area contributed by atoms with E-state index >= 15 is 0 Å². The average Bonchev–Trinajstić information content (AvgIpc) is 2.81. The Balaban J connectivity index is 2.19. The molecule has 2 nitrogen and oxygen atoms in total. The minimum absolute atomic E-state index is 0.264. The van der Waals surface area contributed by atoms with Gasteiger partial charge in [-0.15, -0.1) is 0 Å². The molecule has 2 rings (SSSR count). The Morgan fingerprint density at radius 3 is 2.72 bits per heavy atom. The van der Waals surface area contributed by atoms with Gasteiger partial charge in [0.05, 0.1) is 0 Å². The molecule has 1 heterocycles. The average molecular weight is 243 g/mol. The fraction of sp³-hybridized carbons (Fsp3) is 0.438. The minimum Gasteiger partial charge on any atom is -0.319 e. The minimum atomic E-state index is 0.264. The van der Waals surface area contributed by atoms with Crippen molar-refractivity contribution in [2.45, 2.75) is 39.0 Å². The summed E-state index contributed by atoms with van der Waals surface area (Å²) in [6.45, 7) is 3.07. The number of hydrogen-bond acceptors (Lipinski definition) is 1. The standard InChI is InChI=1S/C16H21NO/c1-2-3-8-15(14-9-5-4-6-10-14)13-17-12-7-11-16(17)18/h4-6,9-10,13H,2-3,7-8,11-12H2,1H3/b15-13-. The maximum Gasteiger partial charge on any atom is 0.226 e. The maximum absolute atomic E-state index is 11.7. The van der Waals surface area contributed by atoms with Gasteiger partial charge in [0.1, 0.15) is 0 Å². The molecule has 1 aliphatic rings. The molecule has 0 aliphatic carbocycles. The fourth-order valence-electron chi connectivity index (χ4n) is 2.30. The number of likely N-dealkylation sites (tertiary alicyclic amines) is 1. The number of allylic oxidation sites excluding steroid dienone is 1. The SMILES string of the molecule is CCCC/C(=C/N1CCCC1=O)c1ccccc1. The van der Waals surface area contributed by atoms with Crippen LogP contribution in [0.5, 0.6) is 0 Å². The summed E-state index contributed by atoms with van der Waals surface area (Å²) in [6.07, 6.45) is 7.16. The van der Waals surface area contributed by atoms with E-state index in [1.807, 2.05) is 11.0 Å². The predicted molar refractivity (Wildman–Crippen MR) is 74.9 cm³/mol. The van der Waals surface area contributed by atoms with Gasteiger partial charge in [-0.05, 0) is 30.4 Å². The van der Waals surface area contributed by atoms with Crippen LogP contribution in [0.25, 0.3) is 5.57 Å². The summed E-state index contributed by atoms with van der Waals surface area (Å²) in [7, 11) is 0. The highest BCUT2D eigenvalue weighted by Gasteiger charge is 2.18. The molecule has 0 atom stereocenters. The lowest BCUT2D eigenvalue weighted by Crippen LogP contribution is -2.18. The molecule has 0 unspecified atom stereocenters. The van der Waals surface area contributed by atoms with Crippen molar-refractivity contribution in [2.24, 2.45) is 0 Å². The smallest absolute Gasteiger partial charge is 0.226 e. The van der Waals surface area contributed by atoms with Crippen LogP contribution < -0.4 is 0 Å². The number of nitrogens with zero attached hydrogens (tertiary/aromatic N) is 1. The number of carbonyl (C=O) groups is 1. The number of carbonyl (C=O) groups excluding carboxylic acids is 1. The van der Waals surface area contributed by atoms with Gasteiger partial charge in [-0.2, -0.15) is 0 Å². The van der Waals surface area contributed by atoms with Crippen molar-refractivity contribution >= 4 is 11.5 Å². The molecule has 1 fully saturated rings. The van der Waals surface area contributed by atoms with Crippen LogP contribution >= 0.6 is 0 Å². The Morgan fingerprint density at radius 2 is 2.11 bits per heavy atom. The zero-order valence-electron chi connectivity index (χ0n) is 11.1. The van der Waals surface area contributed by atoms with Crippen LogP contribution in [-0.2, 0) is 4.79 Å². The quantitative estimate of drug-likeness (QED) is 0.769. The summed E-state index contributed by atoms with van der Waals surface area (Å²) in [5, 5.41) is 0. The van der Waals surface area contributed by atoms with Crippen LogP contribution in [0.4, 0.5) is 0 Å². The Morgan fingerprint density at radius 1 is 1.33 bits per heavy atom. The first-order chi connectivity index (χ1) is 8.81. The molecule has 0 spiro atoms. The molecule has 1 aromatic carbocycles. The highest BCUT2D eigenvalue weighted by Crippen LogP contribution is 2.23. The van der Waals surface area contributed by atoms with E-state index in [9.17, 15) is 4.79 Å². The van der Waals surface area contributed by atoms with Crippen LogP contribution in [0, 0.1) is 0 Å². The summed E-state index contributed by atoms with van der Waals surface area (Å²) < 4.78 is 0. The van der Waals surface area contributed by atoms with Gasteiger partial charge < -0.3 is 4.90 Å². The van der Waals surface area contributed by atoms with Crippen LogP contribution in [0.3, 0.4) is 0 Å². The lowest BCUT2D eigenvalue weighted by molar-refractivity contribution is -0.125. The molecule has 96 valence electrons. The van der Waals surface area contributed by atoms with Gasteiger partial charge in [-0.1, -0.05) is 43.7 Å². The lowest BCUT2D eigenvalue weighted by atomic mass is 10.0. The van der Waals surface area contributed by atoms with Gasteiger partial charge in [0.15, 0.2) is 0 Å².